The Hall–Kier alpha value is -1.84. The highest BCUT2D eigenvalue weighted by atomic mass is 16.4. The van der Waals surface area contributed by atoms with Crippen LogP contribution in [0.2, 0.25) is 0 Å². The van der Waals surface area contributed by atoms with E-state index in [1.54, 1.807) is 18.2 Å². The van der Waals surface area contributed by atoms with E-state index in [0.717, 1.165) is 6.42 Å². The van der Waals surface area contributed by atoms with Crippen molar-refractivity contribution in [3.63, 3.8) is 0 Å². The molecule has 2 rings (SSSR count). The quantitative estimate of drug-likeness (QED) is 0.825. The van der Waals surface area contributed by atoms with Crippen molar-refractivity contribution in [2.45, 2.75) is 32.6 Å². The molecule has 0 radical (unpaired) electrons. The minimum atomic E-state index is -0.992. The second-order valence-corrected chi connectivity index (χ2v) is 5.55. The van der Waals surface area contributed by atoms with Gasteiger partial charge in [-0.2, -0.15) is 0 Å². The number of carbonyl (C=O) groups excluding carboxylic acids is 1. The Morgan fingerprint density at radius 3 is 2.63 bits per heavy atom. The predicted molar refractivity (Wildman–Crippen MR) is 72.1 cm³/mol. The van der Waals surface area contributed by atoms with Gasteiger partial charge in [-0.25, -0.2) is 4.79 Å². The van der Waals surface area contributed by atoms with Gasteiger partial charge >= 0.3 is 5.97 Å². The van der Waals surface area contributed by atoms with Gasteiger partial charge < -0.3 is 10.4 Å². The highest BCUT2D eigenvalue weighted by Gasteiger charge is 2.36. The third kappa shape index (κ3) is 3.81. The Bertz CT molecular complexity index is 492. The average molecular weight is 261 g/mol. The van der Waals surface area contributed by atoms with Crippen LogP contribution in [0.4, 0.5) is 0 Å². The summed E-state index contributed by atoms with van der Waals surface area (Å²) in [4.78, 5) is 22.8. The number of hydrogen-bond donors (Lipinski definition) is 2. The zero-order valence-electron chi connectivity index (χ0n) is 11.1. The summed E-state index contributed by atoms with van der Waals surface area (Å²) in [5, 5.41) is 11.9. The van der Waals surface area contributed by atoms with Crippen molar-refractivity contribution < 1.29 is 14.7 Å². The molecule has 102 valence electrons. The van der Waals surface area contributed by atoms with Gasteiger partial charge in [0.05, 0.1) is 12.0 Å². The fourth-order valence-electron chi connectivity index (χ4n) is 2.09. The van der Waals surface area contributed by atoms with Crippen LogP contribution in [0.25, 0.3) is 0 Å². The number of carboxylic acid groups (broad SMARTS) is 1. The zero-order chi connectivity index (χ0) is 13.9. The molecular formula is C15H19NO3. The second-order valence-electron chi connectivity index (χ2n) is 5.55. The topological polar surface area (TPSA) is 66.4 Å². The van der Waals surface area contributed by atoms with Crippen LogP contribution in [0.15, 0.2) is 24.3 Å². The van der Waals surface area contributed by atoms with Gasteiger partial charge in [-0.15, -0.1) is 0 Å². The van der Waals surface area contributed by atoms with E-state index >= 15 is 0 Å². The highest BCUT2D eigenvalue weighted by molar-refractivity contribution is 5.91. The van der Waals surface area contributed by atoms with E-state index in [2.05, 4.69) is 12.2 Å². The van der Waals surface area contributed by atoms with E-state index < -0.39 is 5.97 Å². The first kappa shape index (κ1) is 13.6. The lowest BCUT2D eigenvalue weighted by atomic mass is 10.0. The number of amides is 1. The van der Waals surface area contributed by atoms with E-state index in [1.165, 1.54) is 18.9 Å². The number of hydrogen-bond acceptors (Lipinski definition) is 2. The molecule has 1 aromatic rings. The van der Waals surface area contributed by atoms with Crippen LogP contribution in [0.5, 0.6) is 0 Å². The third-order valence-corrected chi connectivity index (χ3v) is 3.75. The molecule has 1 aliphatic carbocycles. The monoisotopic (exact) mass is 261 g/mol. The maximum Gasteiger partial charge on any atom is 0.335 e. The minimum Gasteiger partial charge on any atom is -0.478 e. The second kappa shape index (κ2) is 5.43. The minimum absolute atomic E-state index is 0.113. The number of benzene rings is 1. The van der Waals surface area contributed by atoms with Gasteiger partial charge in [0, 0.05) is 6.54 Å². The average Bonchev–Trinajstić information content (AvgIpc) is 3.07. The number of nitrogens with one attached hydrogen (secondary N) is 1. The van der Waals surface area contributed by atoms with Crippen molar-refractivity contribution in [3.05, 3.63) is 35.4 Å². The van der Waals surface area contributed by atoms with Gasteiger partial charge in [-0.3, -0.25) is 4.79 Å². The summed E-state index contributed by atoms with van der Waals surface area (Å²) in [5.74, 6) is -1.10. The Morgan fingerprint density at radius 2 is 2.00 bits per heavy atom. The van der Waals surface area contributed by atoms with Gasteiger partial charge in [0.15, 0.2) is 0 Å². The Kier molecular flexibility index (Phi) is 3.88. The molecule has 0 bridgehead atoms. The summed E-state index contributed by atoms with van der Waals surface area (Å²) in [5.41, 5.74) is 1.18. The zero-order valence-corrected chi connectivity index (χ0v) is 11.1. The lowest BCUT2D eigenvalue weighted by Gasteiger charge is -2.10. The molecule has 1 aliphatic rings. The van der Waals surface area contributed by atoms with E-state index in [1.807, 2.05) is 0 Å². The Morgan fingerprint density at radius 1 is 1.32 bits per heavy atom. The van der Waals surface area contributed by atoms with Crippen molar-refractivity contribution in [2.24, 2.45) is 5.41 Å². The SMILES string of the molecule is CC1(CCNC(=O)Cc2ccccc2C(=O)O)CC1. The summed E-state index contributed by atoms with van der Waals surface area (Å²) in [6.07, 6.45) is 3.61. The molecule has 0 spiro atoms. The molecule has 4 heteroatoms. The maximum absolute atomic E-state index is 11.8. The smallest absolute Gasteiger partial charge is 0.335 e. The van der Waals surface area contributed by atoms with Gasteiger partial charge in [-0.1, -0.05) is 25.1 Å². The van der Waals surface area contributed by atoms with Crippen LogP contribution in [0, 0.1) is 5.41 Å². The molecule has 0 atom stereocenters. The third-order valence-electron chi connectivity index (χ3n) is 3.75. The molecule has 0 saturated heterocycles. The molecule has 1 aromatic carbocycles. The fourth-order valence-corrected chi connectivity index (χ4v) is 2.09. The molecule has 2 N–H and O–H groups in total. The first-order chi connectivity index (χ1) is 9.00. The van der Waals surface area contributed by atoms with Crippen molar-refractivity contribution in [1.82, 2.24) is 5.32 Å². The molecule has 1 saturated carbocycles. The Labute approximate surface area is 112 Å². The molecule has 19 heavy (non-hydrogen) atoms. The van der Waals surface area contributed by atoms with E-state index in [4.69, 9.17) is 5.11 Å². The Balaban J connectivity index is 1.86. The van der Waals surface area contributed by atoms with Crippen LogP contribution in [0.1, 0.15) is 42.1 Å². The summed E-state index contributed by atoms with van der Waals surface area (Å²) in [7, 11) is 0. The van der Waals surface area contributed by atoms with E-state index in [-0.39, 0.29) is 17.9 Å². The largest absolute Gasteiger partial charge is 0.478 e. The van der Waals surface area contributed by atoms with Crippen LogP contribution in [0.3, 0.4) is 0 Å². The van der Waals surface area contributed by atoms with Crippen LogP contribution in [-0.4, -0.2) is 23.5 Å². The van der Waals surface area contributed by atoms with E-state index in [0.29, 0.717) is 17.5 Å². The summed E-state index contributed by atoms with van der Waals surface area (Å²) < 4.78 is 0. The molecule has 0 aliphatic heterocycles. The number of aromatic carboxylic acids is 1. The van der Waals surface area contributed by atoms with E-state index in [9.17, 15) is 9.59 Å². The molecule has 0 aromatic heterocycles. The summed E-state index contributed by atoms with van der Waals surface area (Å²) in [6, 6.07) is 6.63. The molecule has 0 heterocycles. The highest BCUT2D eigenvalue weighted by Crippen LogP contribution is 2.47. The molecule has 1 amide bonds. The van der Waals surface area contributed by atoms with Gasteiger partial charge in [0.2, 0.25) is 5.91 Å². The molecule has 1 fully saturated rings. The molecule has 4 nitrogen and oxygen atoms in total. The van der Waals surface area contributed by atoms with Crippen molar-refractivity contribution in [3.8, 4) is 0 Å². The molecule has 0 unspecified atom stereocenters. The predicted octanol–water partition coefficient (Wildman–Crippen LogP) is 2.23. The number of rotatable bonds is 6. The normalized spacial score (nSPS) is 15.8. The van der Waals surface area contributed by atoms with Crippen molar-refractivity contribution in [1.29, 1.82) is 0 Å². The summed E-state index contributed by atoms with van der Waals surface area (Å²) >= 11 is 0. The lowest BCUT2D eigenvalue weighted by molar-refractivity contribution is -0.120. The van der Waals surface area contributed by atoms with Gasteiger partial charge in [0.25, 0.3) is 0 Å². The van der Waals surface area contributed by atoms with Crippen molar-refractivity contribution >= 4 is 11.9 Å². The number of carbonyl (C=O) groups is 2. The van der Waals surface area contributed by atoms with Crippen molar-refractivity contribution in [2.75, 3.05) is 6.54 Å². The number of carboxylic acids is 1. The fraction of sp³-hybridized carbons (Fsp3) is 0.467. The first-order valence-electron chi connectivity index (χ1n) is 6.58. The first-order valence-corrected chi connectivity index (χ1v) is 6.58. The van der Waals surface area contributed by atoms with Crippen LogP contribution >= 0.6 is 0 Å². The lowest BCUT2D eigenvalue weighted by Crippen LogP contribution is -2.27. The summed E-state index contributed by atoms with van der Waals surface area (Å²) in [6.45, 7) is 2.89. The van der Waals surface area contributed by atoms with Gasteiger partial charge in [0.1, 0.15) is 0 Å². The molecular weight excluding hydrogens is 242 g/mol. The standard InChI is InChI=1S/C15H19NO3/c1-15(6-7-15)8-9-16-13(17)10-11-4-2-3-5-12(11)14(18)19/h2-5H,6-10H2,1H3,(H,16,17)(H,18,19). The van der Waals surface area contributed by atoms with Crippen LogP contribution < -0.4 is 5.32 Å². The van der Waals surface area contributed by atoms with Crippen LogP contribution in [-0.2, 0) is 11.2 Å². The van der Waals surface area contributed by atoms with Gasteiger partial charge in [-0.05, 0) is 36.3 Å². The maximum atomic E-state index is 11.8.